The zero-order chi connectivity index (χ0) is 10.7. The van der Waals surface area contributed by atoms with Gasteiger partial charge in [-0.3, -0.25) is 9.80 Å². The molecule has 0 aromatic rings. The third-order valence-electron chi connectivity index (χ3n) is 3.99. The highest BCUT2D eigenvalue weighted by atomic mass is 15.3. The van der Waals surface area contributed by atoms with Crippen molar-refractivity contribution in [3.63, 3.8) is 0 Å². The smallest absolute Gasteiger partial charge is 0.0112 e. The van der Waals surface area contributed by atoms with Crippen LogP contribution in [-0.4, -0.2) is 73.6 Å². The fourth-order valence-electron chi connectivity index (χ4n) is 2.67. The van der Waals surface area contributed by atoms with Gasteiger partial charge in [0, 0.05) is 45.3 Å². The van der Waals surface area contributed by atoms with Crippen molar-refractivity contribution in [2.24, 2.45) is 0 Å². The molecule has 0 aromatic heterocycles. The molecule has 2 fully saturated rings. The lowest BCUT2D eigenvalue weighted by Crippen LogP contribution is -2.47. The second-order valence-electron chi connectivity index (χ2n) is 5.17. The van der Waals surface area contributed by atoms with E-state index in [9.17, 15) is 0 Å². The molecular formula is C12H25N3. The Morgan fingerprint density at radius 1 is 1.00 bits per heavy atom. The molecule has 1 atom stereocenters. The SMILES string of the molecule is CC1CCCN1CCN1CCN(C)CC1. The van der Waals surface area contributed by atoms with Crippen molar-refractivity contribution in [1.82, 2.24) is 14.7 Å². The van der Waals surface area contributed by atoms with Crippen LogP contribution in [-0.2, 0) is 0 Å². The van der Waals surface area contributed by atoms with Gasteiger partial charge in [0.2, 0.25) is 0 Å². The van der Waals surface area contributed by atoms with Gasteiger partial charge in [0.05, 0.1) is 0 Å². The van der Waals surface area contributed by atoms with Crippen molar-refractivity contribution in [2.45, 2.75) is 25.8 Å². The number of nitrogens with zero attached hydrogens (tertiary/aromatic N) is 3. The quantitative estimate of drug-likeness (QED) is 0.681. The summed E-state index contributed by atoms with van der Waals surface area (Å²) in [6.07, 6.45) is 2.81. The van der Waals surface area contributed by atoms with E-state index in [0.717, 1.165) is 6.04 Å². The van der Waals surface area contributed by atoms with Gasteiger partial charge in [-0.2, -0.15) is 0 Å². The van der Waals surface area contributed by atoms with Crippen LogP contribution in [0.5, 0.6) is 0 Å². The van der Waals surface area contributed by atoms with Crippen molar-refractivity contribution in [2.75, 3.05) is 52.9 Å². The lowest BCUT2D eigenvalue weighted by atomic mass is 10.2. The molecule has 2 saturated heterocycles. The molecule has 3 nitrogen and oxygen atoms in total. The Morgan fingerprint density at radius 2 is 1.73 bits per heavy atom. The summed E-state index contributed by atoms with van der Waals surface area (Å²) >= 11 is 0. The third-order valence-corrected chi connectivity index (χ3v) is 3.99. The van der Waals surface area contributed by atoms with Crippen LogP contribution in [0.15, 0.2) is 0 Å². The first kappa shape index (κ1) is 11.4. The van der Waals surface area contributed by atoms with Gasteiger partial charge in [-0.1, -0.05) is 0 Å². The maximum Gasteiger partial charge on any atom is 0.0112 e. The van der Waals surface area contributed by atoms with Gasteiger partial charge >= 0.3 is 0 Å². The topological polar surface area (TPSA) is 9.72 Å². The fraction of sp³-hybridized carbons (Fsp3) is 1.00. The van der Waals surface area contributed by atoms with E-state index in [1.165, 1.54) is 58.7 Å². The standard InChI is InChI=1S/C12H25N3/c1-12-4-3-5-15(12)11-10-14-8-6-13(2)7-9-14/h12H,3-11H2,1-2H3. The minimum absolute atomic E-state index is 0.831. The van der Waals surface area contributed by atoms with E-state index in [1.54, 1.807) is 0 Å². The van der Waals surface area contributed by atoms with Crippen molar-refractivity contribution in [3.05, 3.63) is 0 Å². The molecule has 2 rings (SSSR count). The largest absolute Gasteiger partial charge is 0.304 e. The highest BCUT2D eigenvalue weighted by molar-refractivity contribution is 4.77. The molecule has 0 aliphatic carbocycles. The van der Waals surface area contributed by atoms with Gasteiger partial charge in [-0.25, -0.2) is 0 Å². The first-order chi connectivity index (χ1) is 7.25. The van der Waals surface area contributed by atoms with Gasteiger partial charge in [-0.05, 0) is 33.4 Å². The van der Waals surface area contributed by atoms with Gasteiger partial charge < -0.3 is 4.90 Å². The molecule has 88 valence electrons. The molecule has 0 N–H and O–H groups in total. The second-order valence-corrected chi connectivity index (χ2v) is 5.17. The molecule has 2 aliphatic rings. The Balaban J connectivity index is 1.65. The monoisotopic (exact) mass is 211 g/mol. The summed E-state index contributed by atoms with van der Waals surface area (Å²) in [6.45, 7) is 11.3. The number of hydrogen-bond donors (Lipinski definition) is 0. The van der Waals surface area contributed by atoms with E-state index in [2.05, 4.69) is 28.7 Å². The maximum atomic E-state index is 2.65. The first-order valence-corrected chi connectivity index (χ1v) is 6.40. The Hall–Kier alpha value is -0.120. The molecule has 0 aromatic carbocycles. The Bertz CT molecular complexity index is 187. The normalized spacial score (nSPS) is 31.2. The molecule has 2 aliphatic heterocycles. The van der Waals surface area contributed by atoms with Crippen LogP contribution in [0.4, 0.5) is 0 Å². The summed E-state index contributed by atoms with van der Waals surface area (Å²) in [7, 11) is 2.22. The molecule has 1 unspecified atom stereocenters. The van der Waals surface area contributed by atoms with Crippen LogP contribution < -0.4 is 0 Å². The number of likely N-dealkylation sites (tertiary alicyclic amines) is 1. The van der Waals surface area contributed by atoms with E-state index in [0.29, 0.717) is 0 Å². The molecule has 0 bridgehead atoms. The molecule has 0 saturated carbocycles. The summed E-state index contributed by atoms with van der Waals surface area (Å²) in [5, 5.41) is 0. The molecule has 0 amide bonds. The molecule has 3 heteroatoms. The van der Waals surface area contributed by atoms with Gasteiger partial charge in [-0.15, -0.1) is 0 Å². The molecule has 2 heterocycles. The highest BCUT2D eigenvalue weighted by Crippen LogP contribution is 2.15. The molecule has 0 radical (unpaired) electrons. The van der Waals surface area contributed by atoms with E-state index in [4.69, 9.17) is 0 Å². The van der Waals surface area contributed by atoms with E-state index < -0.39 is 0 Å². The van der Waals surface area contributed by atoms with Crippen LogP contribution in [0.2, 0.25) is 0 Å². The van der Waals surface area contributed by atoms with Crippen LogP contribution in [0.25, 0.3) is 0 Å². The Kier molecular flexibility index (Phi) is 4.00. The number of rotatable bonds is 3. The molecular weight excluding hydrogens is 186 g/mol. The predicted octanol–water partition coefficient (Wildman–Crippen LogP) is 0.718. The first-order valence-electron chi connectivity index (χ1n) is 6.40. The lowest BCUT2D eigenvalue weighted by molar-refractivity contribution is 0.133. The van der Waals surface area contributed by atoms with Crippen LogP contribution in [0, 0.1) is 0 Å². The van der Waals surface area contributed by atoms with Crippen LogP contribution in [0.3, 0.4) is 0 Å². The fourth-order valence-corrected chi connectivity index (χ4v) is 2.67. The summed E-state index contributed by atoms with van der Waals surface area (Å²) in [5.41, 5.74) is 0. The zero-order valence-electron chi connectivity index (χ0n) is 10.3. The van der Waals surface area contributed by atoms with Crippen molar-refractivity contribution < 1.29 is 0 Å². The average Bonchev–Trinajstić information content (AvgIpc) is 2.63. The van der Waals surface area contributed by atoms with E-state index >= 15 is 0 Å². The van der Waals surface area contributed by atoms with Gasteiger partial charge in [0.1, 0.15) is 0 Å². The highest BCUT2D eigenvalue weighted by Gasteiger charge is 2.21. The third kappa shape index (κ3) is 3.16. The Labute approximate surface area is 94.0 Å². The van der Waals surface area contributed by atoms with E-state index in [1.807, 2.05) is 0 Å². The van der Waals surface area contributed by atoms with E-state index in [-0.39, 0.29) is 0 Å². The van der Waals surface area contributed by atoms with Crippen LogP contribution >= 0.6 is 0 Å². The minimum atomic E-state index is 0.831. The number of likely N-dealkylation sites (N-methyl/N-ethyl adjacent to an activating group) is 1. The van der Waals surface area contributed by atoms with Crippen molar-refractivity contribution >= 4 is 0 Å². The van der Waals surface area contributed by atoms with Gasteiger partial charge in [0.15, 0.2) is 0 Å². The summed E-state index contributed by atoms with van der Waals surface area (Å²) < 4.78 is 0. The lowest BCUT2D eigenvalue weighted by Gasteiger charge is -2.34. The van der Waals surface area contributed by atoms with Gasteiger partial charge in [0.25, 0.3) is 0 Å². The molecule has 0 spiro atoms. The number of piperazine rings is 1. The summed E-state index contributed by atoms with van der Waals surface area (Å²) in [6, 6.07) is 0.831. The number of hydrogen-bond acceptors (Lipinski definition) is 3. The average molecular weight is 211 g/mol. The zero-order valence-corrected chi connectivity index (χ0v) is 10.3. The van der Waals surface area contributed by atoms with Crippen molar-refractivity contribution in [3.8, 4) is 0 Å². The van der Waals surface area contributed by atoms with Crippen molar-refractivity contribution in [1.29, 1.82) is 0 Å². The summed E-state index contributed by atoms with van der Waals surface area (Å²) in [5.74, 6) is 0. The minimum Gasteiger partial charge on any atom is -0.304 e. The molecule has 15 heavy (non-hydrogen) atoms. The predicted molar refractivity (Wildman–Crippen MR) is 64.2 cm³/mol. The maximum absolute atomic E-state index is 2.65. The Morgan fingerprint density at radius 3 is 2.33 bits per heavy atom. The summed E-state index contributed by atoms with van der Waals surface area (Å²) in [4.78, 5) is 7.69. The van der Waals surface area contributed by atoms with Crippen LogP contribution in [0.1, 0.15) is 19.8 Å². The second kappa shape index (κ2) is 5.28.